The minimum atomic E-state index is -5.13. The Morgan fingerprint density at radius 2 is 1.15 bits per heavy atom. The van der Waals surface area contributed by atoms with Crippen molar-refractivity contribution in [3.05, 3.63) is 108 Å². The number of alkyl halides is 5. The van der Waals surface area contributed by atoms with E-state index in [1.54, 1.807) is 0 Å². The van der Waals surface area contributed by atoms with Gasteiger partial charge in [-0.3, -0.25) is 0 Å². The van der Waals surface area contributed by atoms with Gasteiger partial charge in [0, 0.05) is 17.5 Å². The van der Waals surface area contributed by atoms with E-state index < -0.39 is 35.4 Å². The first-order valence-corrected chi connectivity index (χ1v) is 12.6. The van der Waals surface area contributed by atoms with Crippen LogP contribution in [0, 0.1) is 11.7 Å². The standard InChI is InChI=1S/C31H24F6O4/c1-19-17-38-29(39-18-19)24-8-6-22(7-9-24)20-2-4-21(5-3-20)23-10-12-25(13-11-23)30(33,34)40-26-14-15-28(27(32)16-26)41-31(35,36)37/h2-16,19,29H,17-18H2,1H3. The van der Waals surface area contributed by atoms with E-state index in [0.717, 1.165) is 40.5 Å². The van der Waals surface area contributed by atoms with Crippen LogP contribution < -0.4 is 9.47 Å². The Hall–Kier alpha value is -4.02. The Labute approximate surface area is 232 Å². The summed E-state index contributed by atoms with van der Waals surface area (Å²) in [6.07, 6.45) is -9.37. The summed E-state index contributed by atoms with van der Waals surface area (Å²) in [4.78, 5) is 0. The first kappa shape index (κ1) is 28.5. The highest BCUT2D eigenvalue weighted by atomic mass is 19.4. The molecule has 0 aliphatic carbocycles. The second kappa shape index (κ2) is 11.5. The minimum Gasteiger partial charge on any atom is -0.429 e. The largest absolute Gasteiger partial charge is 0.573 e. The minimum absolute atomic E-state index is 0.368. The van der Waals surface area contributed by atoms with E-state index in [1.807, 2.05) is 48.5 Å². The van der Waals surface area contributed by atoms with Gasteiger partial charge in [-0.1, -0.05) is 67.6 Å². The van der Waals surface area contributed by atoms with Gasteiger partial charge in [-0.05, 0) is 46.5 Å². The molecule has 0 amide bonds. The van der Waals surface area contributed by atoms with Crippen LogP contribution in [-0.4, -0.2) is 19.6 Å². The van der Waals surface area contributed by atoms with Gasteiger partial charge in [0.2, 0.25) is 0 Å². The van der Waals surface area contributed by atoms with Crippen LogP contribution in [0.2, 0.25) is 0 Å². The van der Waals surface area contributed by atoms with E-state index in [9.17, 15) is 26.3 Å². The summed E-state index contributed by atoms with van der Waals surface area (Å²) in [5.74, 6) is -2.94. The Morgan fingerprint density at radius 3 is 1.63 bits per heavy atom. The fraction of sp³-hybridized carbons (Fsp3) is 0.226. The van der Waals surface area contributed by atoms with Gasteiger partial charge in [0.15, 0.2) is 17.9 Å². The van der Waals surface area contributed by atoms with Gasteiger partial charge >= 0.3 is 12.5 Å². The molecule has 4 aromatic rings. The molecule has 1 aliphatic heterocycles. The van der Waals surface area contributed by atoms with Crippen molar-refractivity contribution >= 4 is 0 Å². The molecule has 1 aliphatic rings. The number of ether oxygens (including phenoxy) is 4. The van der Waals surface area contributed by atoms with Crippen molar-refractivity contribution in [2.24, 2.45) is 5.92 Å². The second-order valence-electron chi connectivity index (χ2n) is 9.64. The van der Waals surface area contributed by atoms with Gasteiger partial charge in [-0.15, -0.1) is 13.2 Å². The maximum Gasteiger partial charge on any atom is 0.573 e. The Morgan fingerprint density at radius 1 is 0.659 bits per heavy atom. The average Bonchev–Trinajstić information content (AvgIpc) is 2.94. The molecule has 0 atom stereocenters. The zero-order valence-electron chi connectivity index (χ0n) is 21.6. The van der Waals surface area contributed by atoms with Crippen LogP contribution in [0.3, 0.4) is 0 Å². The lowest BCUT2D eigenvalue weighted by molar-refractivity contribution is -0.275. The summed E-state index contributed by atoms with van der Waals surface area (Å²) in [5, 5.41) is 0. The van der Waals surface area contributed by atoms with Crippen LogP contribution in [-0.2, 0) is 15.6 Å². The number of hydrogen-bond acceptors (Lipinski definition) is 4. The van der Waals surface area contributed by atoms with Crippen molar-refractivity contribution in [2.75, 3.05) is 13.2 Å². The second-order valence-corrected chi connectivity index (χ2v) is 9.64. The molecule has 4 aromatic carbocycles. The van der Waals surface area contributed by atoms with Crippen molar-refractivity contribution in [2.45, 2.75) is 25.7 Å². The monoisotopic (exact) mass is 574 g/mol. The van der Waals surface area contributed by atoms with Gasteiger partial charge in [-0.2, -0.15) is 8.78 Å². The number of rotatable bonds is 7. The van der Waals surface area contributed by atoms with Crippen LogP contribution in [0.4, 0.5) is 26.3 Å². The predicted molar refractivity (Wildman–Crippen MR) is 139 cm³/mol. The van der Waals surface area contributed by atoms with Crippen molar-refractivity contribution in [3.63, 3.8) is 0 Å². The molecule has 0 aromatic heterocycles. The molecule has 41 heavy (non-hydrogen) atoms. The highest BCUT2D eigenvalue weighted by Gasteiger charge is 2.36. The molecular formula is C31H24F6O4. The van der Waals surface area contributed by atoms with E-state index in [-0.39, 0.29) is 6.29 Å². The van der Waals surface area contributed by atoms with E-state index >= 15 is 0 Å². The normalized spacial score (nSPS) is 17.7. The Kier molecular flexibility index (Phi) is 7.97. The van der Waals surface area contributed by atoms with Crippen LogP contribution in [0.5, 0.6) is 11.5 Å². The van der Waals surface area contributed by atoms with E-state index in [2.05, 4.69) is 16.4 Å². The topological polar surface area (TPSA) is 36.9 Å². The molecule has 0 bridgehead atoms. The molecule has 0 radical (unpaired) electrons. The summed E-state index contributed by atoms with van der Waals surface area (Å²) >= 11 is 0. The lowest BCUT2D eigenvalue weighted by Crippen LogP contribution is -2.24. The molecule has 0 spiro atoms. The highest BCUT2D eigenvalue weighted by molar-refractivity contribution is 5.70. The van der Waals surface area contributed by atoms with E-state index in [1.165, 1.54) is 12.1 Å². The lowest BCUT2D eigenvalue weighted by Gasteiger charge is -2.27. The van der Waals surface area contributed by atoms with Gasteiger partial charge in [-0.25, -0.2) is 4.39 Å². The molecule has 0 unspecified atom stereocenters. The molecule has 1 saturated heterocycles. The number of halogens is 6. The third kappa shape index (κ3) is 7.01. The maximum atomic E-state index is 14.7. The zero-order chi connectivity index (χ0) is 29.2. The SMILES string of the molecule is CC1COC(c2ccc(-c3ccc(-c4ccc(C(F)(F)Oc5ccc(OC(F)(F)F)c(F)c5)cc4)cc3)cc2)OC1. The zero-order valence-corrected chi connectivity index (χ0v) is 21.6. The molecular weight excluding hydrogens is 550 g/mol. The summed E-state index contributed by atoms with van der Waals surface area (Å²) in [6, 6.07) is 22.5. The fourth-order valence-electron chi connectivity index (χ4n) is 4.30. The molecule has 1 heterocycles. The van der Waals surface area contributed by atoms with Crippen molar-refractivity contribution in [3.8, 4) is 33.8 Å². The summed E-state index contributed by atoms with van der Waals surface area (Å²) < 4.78 is 99.8. The van der Waals surface area contributed by atoms with Crippen molar-refractivity contribution in [1.82, 2.24) is 0 Å². The van der Waals surface area contributed by atoms with Crippen LogP contribution in [0.25, 0.3) is 22.3 Å². The third-order valence-electron chi connectivity index (χ3n) is 6.39. The van der Waals surface area contributed by atoms with Crippen molar-refractivity contribution in [1.29, 1.82) is 0 Å². The predicted octanol–water partition coefficient (Wildman–Crippen LogP) is 8.87. The highest BCUT2D eigenvalue weighted by Crippen LogP contribution is 2.36. The van der Waals surface area contributed by atoms with Gasteiger partial charge in [0.1, 0.15) is 5.75 Å². The molecule has 0 N–H and O–H groups in total. The van der Waals surface area contributed by atoms with Gasteiger partial charge in [0.05, 0.1) is 18.8 Å². The van der Waals surface area contributed by atoms with E-state index in [4.69, 9.17) is 9.47 Å². The molecule has 10 heteroatoms. The van der Waals surface area contributed by atoms with Crippen LogP contribution in [0.1, 0.15) is 24.3 Å². The van der Waals surface area contributed by atoms with Crippen LogP contribution in [0.15, 0.2) is 91.0 Å². The smallest absolute Gasteiger partial charge is 0.429 e. The van der Waals surface area contributed by atoms with Crippen LogP contribution >= 0.6 is 0 Å². The summed E-state index contributed by atoms with van der Waals surface area (Å²) in [6.45, 7) is 3.37. The Bertz CT molecular complexity index is 1460. The molecule has 0 saturated carbocycles. The lowest BCUT2D eigenvalue weighted by atomic mass is 9.99. The first-order chi connectivity index (χ1) is 19.5. The number of hydrogen-bond donors (Lipinski definition) is 0. The van der Waals surface area contributed by atoms with E-state index in [0.29, 0.717) is 36.8 Å². The van der Waals surface area contributed by atoms with Gasteiger partial charge in [0.25, 0.3) is 0 Å². The molecule has 214 valence electrons. The summed E-state index contributed by atoms with van der Waals surface area (Å²) in [7, 11) is 0. The third-order valence-corrected chi connectivity index (χ3v) is 6.39. The fourth-order valence-corrected chi connectivity index (χ4v) is 4.30. The van der Waals surface area contributed by atoms with Gasteiger partial charge < -0.3 is 18.9 Å². The summed E-state index contributed by atoms with van der Waals surface area (Å²) in [5.41, 5.74) is 3.85. The molecule has 4 nitrogen and oxygen atoms in total. The maximum absolute atomic E-state index is 14.7. The first-order valence-electron chi connectivity index (χ1n) is 12.6. The Balaban J connectivity index is 1.24. The quantitative estimate of drug-likeness (QED) is 0.207. The number of benzene rings is 4. The average molecular weight is 575 g/mol. The molecule has 5 rings (SSSR count). The van der Waals surface area contributed by atoms with Crippen molar-refractivity contribution < 1.29 is 45.3 Å². The molecule has 1 fully saturated rings.